The number of rotatable bonds is 2. The largest absolute Gasteiger partial charge is 0.497 e. The van der Waals surface area contributed by atoms with Gasteiger partial charge in [-0.05, 0) is 41.5 Å². The topological polar surface area (TPSA) is 35.2 Å². The van der Waals surface area contributed by atoms with Gasteiger partial charge in [0.2, 0.25) is 0 Å². The standard InChI is InChI=1S/C14H12F3NO/c1-19-13-4-2-9(3-5-13)10-6-11(14(15,16)17)8-12(18)7-10/h2-8H,18H2,1H3. The Bertz CT molecular complexity index is 576. The summed E-state index contributed by atoms with van der Waals surface area (Å²) in [5.74, 6) is 0.642. The number of benzene rings is 2. The molecule has 0 saturated carbocycles. The SMILES string of the molecule is COc1ccc(-c2cc(N)cc(C(F)(F)F)c2)cc1. The Balaban J connectivity index is 2.46. The van der Waals surface area contributed by atoms with Crippen LogP contribution in [-0.4, -0.2) is 7.11 Å². The van der Waals surface area contributed by atoms with Gasteiger partial charge in [-0.15, -0.1) is 0 Å². The van der Waals surface area contributed by atoms with E-state index in [1.54, 1.807) is 24.3 Å². The van der Waals surface area contributed by atoms with Crippen LogP contribution in [0.4, 0.5) is 18.9 Å². The van der Waals surface area contributed by atoms with Gasteiger partial charge in [-0.25, -0.2) is 0 Å². The summed E-state index contributed by atoms with van der Waals surface area (Å²) in [6.45, 7) is 0. The number of alkyl halides is 3. The van der Waals surface area contributed by atoms with Crippen LogP contribution in [0.2, 0.25) is 0 Å². The summed E-state index contributed by atoms with van der Waals surface area (Å²) < 4.78 is 43.1. The van der Waals surface area contributed by atoms with E-state index >= 15 is 0 Å². The molecular formula is C14H12F3NO. The third kappa shape index (κ3) is 2.99. The van der Waals surface area contributed by atoms with Gasteiger partial charge in [0.1, 0.15) is 5.75 Å². The van der Waals surface area contributed by atoms with E-state index in [9.17, 15) is 13.2 Å². The van der Waals surface area contributed by atoms with E-state index in [0.717, 1.165) is 12.1 Å². The van der Waals surface area contributed by atoms with E-state index in [1.807, 2.05) is 0 Å². The van der Waals surface area contributed by atoms with Gasteiger partial charge >= 0.3 is 6.18 Å². The number of methoxy groups -OCH3 is 1. The number of ether oxygens (including phenoxy) is 1. The van der Waals surface area contributed by atoms with Crippen molar-refractivity contribution in [2.75, 3.05) is 12.8 Å². The van der Waals surface area contributed by atoms with Crippen LogP contribution < -0.4 is 10.5 Å². The predicted octanol–water partition coefficient (Wildman–Crippen LogP) is 3.96. The first-order chi connectivity index (χ1) is 8.90. The summed E-state index contributed by atoms with van der Waals surface area (Å²) in [4.78, 5) is 0. The molecule has 0 radical (unpaired) electrons. The quantitative estimate of drug-likeness (QED) is 0.836. The first-order valence-electron chi connectivity index (χ1n) is 5.52. The molecule has 0 unspecified atom stereocenters. The first kappa shape index (κ1) is 13.3. The molecule has 0 spiro atoms. The van der Waals surface area contributed by atoms with Crippen LogP contribution in [-0.2, 0) is 6.18 Å². The Morgan fingerprint density at radius 3 is 2.11 bits per heavy atom. The van der Waals surface area contributed by atoms with Gasteiger partial charge in [0.15, 0.2) is 0 Å². The third-order valence-electron chi connectivity index (χ3n) is 2.71. The average Bonchev–Trinajstić information content (AvgIpc) is 2.37. The van der Waals surface area contributed by atoms with Crippen LogP contribution in [0.25, 0.3) is 11.1 Å². The molecular weight excluding hydrogens is 255 g/mol. The molecule has 0 heterocycles. The molecule has 2 aromatic rings. The number of hydrogen-bond acceptors (Lipinski definition) is 2. The molecule has 0 fully saturated rings. The van der Waals surface area contributed by atoms with Crippen molar-refractivity contribution < 1.29 is 17.9 Å². The normalized spacial score (nSPS) is 11.4. The summed E-state index contributed by atoms with van der Waals surface area (Å²) in [7, 11) is 1.53. The molecule has 2 N–H and O–H groups in total. The highest BCUT2D eigenvalue weighted by molar-refractivity contribution is 5.69. The molecule has 0 saturated heterocycles. The van der Waals surface area contributed by atoms with Crippen molar-refractivity contribution in [3.8, 4) is 16.9 Å². The minimum absolute atomic E-state index is 0.0839. The molecule has 2 aromatic carbocycles. The van der Waals surface area contributed by atoms with E-state index in [-0.39, 0.29) is 5.69 Å². The van der Waals surface area contributed by atoms with Crippen LogP contribution in [0.5, 0.6) is 5.75 Å². The van der Waals surface area contributed by atoms with Gasteiger partial charge in [0.25, 0.3) is 0 Å². The van der Waals surface area contributed by atoms with Crippen molar-refractivity contribution in [2.45, 2.75) is 6.18 Å². The van der Waals surface area contributed by atoms with Crippen molar-refractivity contribution in [3.63, 3.8) is 0 Å². The Morgan fingerprint density at radius 1 is 0.947 bits per heavy atom. The molecule has 0 atom stereocenters. The highest BCUT2D eigenvalue weighted by atomic mass is 19.4. The number of halogens is 3. The van der Waals surface area contributed by atoms with Crippen molar-refractivity contribution in [1.29, 1.82) is 0 Å². The lowest BCUT2D eigenvalue weighted by Gasteiger charge is -2.11. The highest BCUT2D eigenvalue weighted by Gasteiger charge is 2.31. The predicted molar refractivity (Wildman–Crippen MR) is 67.8 cm³/mol. The molecule has 2 nitrogen and oxygen atoms in total. The molecule has 0 amide bonds. The zero-order chi connectivity index (χ0) is 14.0. The number of anilines is 1. The molecule has 100 valence electrons. The monoisotopic (exact) mass is 267 g/mol. The van der Waals surface area contributed by atoms with Gasteiger partial charge < -0.3 is 10.5 Å². The molecule has 2 rings (SSSR count). The highest BCUT2D eigenvalue weighted by Crippen LogP contribution is 2.34. The molecule has 0 aliphatic heterocycles. The first-order valence-corrected chi connectivity index (χ1v) is 5.52. The fourth-order valence-corrected chi connectivity index (χ4v) is 1.77. The van der Waals surface area contributed by atoms with E-state index in [2.05, 4.69) is 0 Å². The van der Waals surface area contributed by atoms with Crippen LogP contribution in [0.3, 0.4) is 0 Å². The smallest absolute Gasteiger partial charge is 0.416 e. The molecule has 0 bridgehead atoms. The fourth-order valence-electron chi connectivity index (χ4n) is 1.77. The van der Waals surface area contributed by atoms with Crippen molar-refractivity contribution in [3.05, 3.63) is 48.0 Å². The maximum Gasteiger partial charge on any atom is 0.416 e. The summed E-state index contributed by atoms with van der Waals surface area (Å²) in [6.07, 6.45) is -4.41. The fraction of sp³-hybridized carbons (Fsp3) is 0.143. The van der Waals surface area contributed by atoms with E-state index in [4.69, 9.17) is 10.5 Å². The summed E-state index contributed by atoms with van der Waals surface area (Å²) in [6, 6.07) is 10.3. The number of nitrogen functional groups attached to an aromatic ring is 1. The van der Waals surface area contributed by atoms with Crippen molar-refractivity contribution in [2.24, 2.45) is 0 Å². The Hall–Kier alpha value is -2.17. The maximum atomic E-state index is 12.7. The van der Waals surface area contributed by atoms with Crippen LogP contribution >= 0.6 is 0 Å². The Morgan fingerprint density at radius 2 is 1.58 bits per heavy atom. The lowest BCUT2D eigenvalue weighted by Crippen LogP contribution is -2.06. The zero-order valence-electron chi connectivity index (χ0n) is 10.2. The maximum absolute atomic E-state index is 12.7. The summed E-state index contributed by atoms with van der Waals surface area (Å²) in [5, 5.41) is 0. The van der Waals surface area contributed by atoms with Gasteiger partial charge in [0.05, 0.1) is 12.7 Å². The van der Waals surface area contributed by atoms with E-state index in [1.165, 1.54) is 13.2 Å². The minimum Gasteiger partial charge on any atom is -0.497 e. The van der Waals surface area contributed by atoms with Gasteiger partial charge in [0, 0.05) is 5.69 Å². The van der Waals surface area contributed by atoms with Gasteiger partial charge in [-0.1, -0.05) is 12.1 Å². The minimum atomic E-state index is -4.41. The summed E-state index contributed by atoms with van der Waals surface area (Å²) >= 11 is 0. The number of nitrogens with two attached hydrogens (primary N) is 1. The lowest BCUT2D eigenvalue weighted by atomic mass is 10.0. The van der Waals surface area contributed by atoms with E-state index in [0.29, 0.717) is 16.9 Å². The number of hydrogen-bond donors (Lipinski definition) is 1. The third-order valence-corrected chi connectivity index (χ3v) is 2.71. The zero-order valence-corrected chi connectivity index (χ0v) is 10.2. The second-order valence-corrected chi connectivity index (χ2v) is 4.07. The Labute approximate surface area is 108 Å². The second-order valence-electron chi connectivity index (χ2n) is 4.07. The van der Waals surface area contributed by atoms with Gasteiger partial charge in [-0.2, -0.15) is 13.2 Å². The van der Waals surface area contributed by atoms with Crippen LogP contribution in [0, 0.1) is 0 Å². The summed E-state index contributed by atoms with van der Waals surface area (Å²) in [5.41, 5.74) is 5.93. The second kappa shape index (κ2) is 4.84. The average molecular weight is 267 g/mol. The molecule has 5 heteroatoms. The molecule has 0 aromatic heterocycles. The van der Waals surface area contributed by atoms with Gasteiger partial charge in [-0.3, -0.25) is 0 Å². The molecule has 19 heavy (non-hydrogen) atoms. The van der Waals surface area contributed by atoms with Crippen molar-refractivity contribution in [1.82, 2.24) is 0 Å². The van der Waals surface area contributed by atoms with Crippen LogP contribution in [0.15, 0.2) is 42.5 Å². The van der Waals surface area contributed by atoms with Crippen molar-refractivity contribution >= 4 is 5.69 Å². The van der Waals surface area contributed by atoms with Crippen LogP contribution in [0.1, 0.15) is 5.56 Å². The Kier molecular flexibility index (Phi) is 3.38. The molecule has 0 aliphatic rings. The lowest BCUT2D eigenvalue weighted by molar-refractivity contribution is -0.137. The van der Waals surface area contributed by atoms with E-state index < -0.39 is 11.7 Å². The molecule has 0 aliphatic carbocycles.